The largest absolute Gasteiger partial charge is 0.796 e. The molecule has 0 radical (unpaired) electrons. The Balaban J connectivity index is 1.66. The molecule has 0 bridgehead atoms. The summed E-state index contributed by atoms with van der Waals surface area (Å²) in [6.07, 6.45) is 9.43. The summed E-state index contributed by atoms with van der Waals surface area (Å²) < 4.78 is 34.4. The summed E-state index contributed by atoms with van der Waals surface area (Å²) in [6, 6.07) is 18.3. The van der Waals surface area contributed by atoms with Gasteiger partial charge in [-0.3, -0.25) is 14.4 Å². The molecule has 216 valence electrons. The van der Waals surface area contributed by atoms with Gasteiger partial charge in [0.2, 0.25) is 0 Å². The smallest absolute Gasteiger partial charge is 0.505 e. The Labute approximate surface area is 243 Å². The molecule has 0 atom stereocenters. The fourth-order valence-corrected chi connectivity index (χ4v) is 4.77. The van der Waals surface area contributed by atoms with E-state index < -0.39 is 19.0 Å². The van der Waals surface area contributed by atoms with Gasteiger partial charge in [0, 0.05) is 30.3 Å². The van der Waals surface area contributed by atoms with Crippen LogP contribution in [0.2, 0.25) is 0 Å². The molecule has 0 unspecified atom stereocenters. The predicted molar refractivity (Wildman–Crippen MR) is 166 cm³/mol. The van der Waals surface area contributed by atoms with Crippen LogP contribution in [0.15, 0.2) is 94.2 Å². The zero-order valence-electron chi connectivity index (χ0n) is 23.8. The van der Waals surface area contributed by atoms with Crippen molar-refractivity contribution in [1.29, 1.82) is 0 Å². The zero-order chi connectivity index (χ0) is 30.1. The van der Waals surface area contributed by atoms with E-state index in [9.17, 15) is 23.0 Å². The third-order valence-corrected chi connectivity index (χ3v) is 6.90. The number of halogens is 2. The van der Waals surface area contributed by atoms with Crippen LogP contribution in [0, 0.1) is 0 Å². The molecular formula is C33H33BF2N2O4. The van der Waals surface area contributed by atoms with E-state index in [4.69, 9.17) is 0 Å². The lowest BCUT2D eigenvalue weighted by atomic mass is 10.1. The van der Waals surface area contributed by atoms with E-state index in [1.54, 1.807) is 21.3 Å². The topological polar surface area (TPSA) is 70.3 Å². The van der Waals surface area contributed by atoms with Crippen LogP contribution in [0.25, 0.3) is 34.0 Å². The molecular weight excluding hydrogens is 537 g/mol. The SMILES string of the molecule is CCCCn1c(=O)c(/C=C/C(=O)/C=C(/C=C/c2cc3ccccc3n(CCCC)c2=O)OB(F)F)cc2ccccc21. The Kier molecular flexibility index (Phi) is 10.4. The van der Waals surface area contributed by atoms with Gasteiger partial charge in [-0.25, -0.2) is 8.63 Å². The van der Waals surface area contributed by atoms with Crippen LogP contribution in [0.3, 0.4) is 0 Å². The molecule has 0 saturated heterocycles. The van der Waals surface area contributed by atoms with Gasteiger partial charge in [-0.15, -0.1) is 0 Å². The van der Waals surface area contributed by atoms with Crippen molar-refractivity contribution in [3.63, 3.8) is 0 Å². The van der Waals surface area contributed by atoms with Crippen molar-refractivity contribution in [3.05, 3.63) is 116 Å². The van der Waals surface area contributed by atoms with Gasteiger partial charge >= 0.3 is 7.47 Å². The van der Waals surface area contributed by atoms with Gasteiger partial charge in [0.15, 0.2) is 5.78 Å². The standard InChI is InChI=1S/C33H33BF2N2O4/c1-3-5-19-37-30-13-9-7-11-24(30)21-26(32(37)40)15-17-28(39)23-29(42-34(35)36)18-16-27-22-25-12-8-10-14-31(25)38(33(27)41)20-6-4-2/h7-18,21-23H,3-6,19-20H2,1-2H3/b17-15+,18-16+,29-23-. The second-order valence-corrected chi connectivity index (χ2v) is 9.93. The Bertz CT molecular complexity index is 1790. The van der Waals surface area contributed by atoms with Gasteiger partial charge in [0.1, 0.15) is 5.76 Å². The summed E-state index contributed by atoms with van der Waals surface area (Å²) >= 11 is 0. The number of nitrogens with zero attached hydrogens (tertiary/aromatic N) is 2. The van der Waals surface area contributed by atoms with Crippen molar-refractivity contribution in [2.45, 2.75) is 52.6 Å². The quantitative estimate of drug-likeness (QED) is 0.0749. The minimum absolute atomic E-state index is 0.241. The van der Waals surface area contributed by atoms with E-state index in [1.165, 1.54) is 18.2 Å². The first-order valence-electron chi connectivity index (χ1n) is 14.1. The molecule has 4 aromatic rings. The van der Waals surface area contributed by atoms with Crippen molar-refractivity contribution < 1.29 is 18.1 Å². The molecule has 0 aliphatic carbocycles. The summed E-state index contributed by atoms with van der Waals surface area (Å²) in [5, 5.41) is 1.67. The normalized spacial score (nSPS) is 12.1. The second kappa shape index (κ2) is 14.4. The average Bonchev–Trinajstić information content (AvgIpc) is 2.98. The first-order valence-corrected chi connectivity index (χ1v) is 14.1. The number of aromatic nitrogens is 2. The van der Waals surface area contributed by atoms with Gasteiger partial charge in [0.25, 0.3) is 11.1 Å². The molecule has 0 aliphatic heterocycles. The summed E-state index contributed by atoms with van der Waals surface area (Å²) in [5.74, 6) is -1.06. The number of pyridine rings is 2. The molecule has 0 saturated carbocycles. The van der Waals surface area contributed by atoms with Crippen molar-refractivity contribution >= 4 is 47.2 Å². The first-order chi connectivity index (χ1) is 20.3. The fraction of sp³-hybridized carbons (Fsp3) is 0.242. The molecule has 2 heterocycles. The zero-order valence-corrected chi connectivity index (χ0v) is 23.8. The molecule has 2 aromatic heterocycles. The van der Waals surface area contributed by atoms with Crippen molar-refractivity contribution in [2.75, 3.05) is 0 Å². The molecule has 9 heteroatoms. The van der Waals surface area contributed by atoms with E-state index in [2.05, 4.69) is 4.65 Å². The van der Waals surface area contributed by atoms with Crippen molar-refractivity contribution in [2.24, 2.45) is 0 Å². The van der Waals surface area contributed by atoms with E-state index in [0.29, 0.717) is 18.7 Å². The van der Waals surface area contributed by atoms with Gasteiger partial charge in [-0.1, -0.05) is 63.1 Å². The Hall–Kier alpha value is -4.53. The number of fused-ring (bicyclic) bond motifs is 2. The predicted octanol–water partition coefficient (Wildman–Crippen LogP) is 7.04. The average molecular weight is 570 g/mol. The van der Waals surface area contributed by atoms with Crippen molar-refractivity contribution in [3.8, 4) is 0 Å². The van der Waals surface area contributed by atoms with Crippen LogP contribution in [-0.4, -0.2) is 22.4 Å². The summed E-state index contributed by atoms with van der Waals surface area (Å²) in [6.45, 7) is 5.13. The van der Waals surface area contributed by atoms with Crippen molar-refractivity contribution in [1.82, 2.24) is 9.13 Å². The van der Waals surface area contributed by atoms with Crippen LogP contribution in [-0.2, 0) is 22.5 Å². The summed E-state index contributed by atoms with van der Waals surface area (Å²) in [4.78, 5) is 39.2. The Morgan fingerprint density at radius 1 is 0.786 bits per heavy atom. The number of para-hydroxylation sites is 2. The molecule has 0 aliphatic rings. The minimum atomic E-state index is -3.18. The highest BCUT2D eigenvalue weighted by molar-refractivity contribution is 6.35. The number of aryl methyl sites for hydroxylation is 2. The second-order valence-electron chi connectivity index (χ2n) is 9.93. The highest BCUT2D eigenvalue weighted by Gasteiger charge is 2.19. The maximum atomic E-state index is 13.2. The third kappa shape index (κ3) is 7.40. The monoisotopic (exact) mass is 570 g/mol. The molecule has 0 spiro atoms. The first kappa shape index (κ1) is 30.4. The van der Waals surface area contributed by atoms with Crippen LogP contribution < -0.4 is 11.1 Å². The fourth-order valence-electron chi connectivity index (χ4n) is 4.77. The molecule has 0 fully saturated rings. The Morgan fingerprint density at radius 3 is 1.74 bits per heavy atom. The van der Waals surface area contributed by atoms with Gasteiger partial charge in [-0.05, 0) is 72.2 Å². The molecule has 0 N–H and O–H groups in total. The van der Waals surface area contributed by atoms with E-state index in [-0.39, 0.29) is 16.7 Å². The lowest BCUT2D eigenvalue weighted by molar-refractivity contribution is -0.110. The number of carbonyl (C=O) groups excluding carboxylic acids is 1. The maximum absolute atomic E-state index is 13.2. The number of hydrogen-bond donors (Lipinski definition) is 0. The Morgan fingerprint density at radius 2 is 1.26 bits per heavy atom. The molecule has 2 aromatic carbocycles. The number of carbonyl (C=O) groups is 1. The molecule has 4 rings (SSSR count). The number of hydrogen-bond acceptors (Lipinski definition) is 4. The number of unbranched alkanes of at least 4 members (excludes halogenated alkanes) is 2. The summed E-state index contributed by atoms with van der Waals surface area (Å²) in [5.41, 5.74) is 1.67. The lowest BCUT2D eigenvalue weighted by Crippen LogP contribution is -2.22. The van der Waals surface area contributed by atoms with Gasteiger partial charge in [-0.2, -0.15) is 0 Å². The minimum Gasteiger partial charge on any atom is -0.505 e. The number of allylic oxidation sites excluding steroid dienone is 3. The van der Waals surface area contributed by atoms with Crippen LogP contribution in [0.5, 0.6) is 0 Å². The lowest BCUT2D eigenvalue weighted by Gasteiger charge is -2.11. The maximum Gasteiger partial charge on any atom is 0.796 e. The number of rotatable bonds is 13. The number of ketones is 1. The van der Waals surface area contributed by atoms with E-state index >= 15 is 0 Å². The molecule has 0 amide bonds. The molecule has 42 heavy (non-hydrogen) atoms. The van der Waals surface area contributed by atoms with E-state index in [0.717, 1.165) is 59.6 Å². The third-order valence-electron chi connectivity index (χ3n) is 6.90. The highest BCUT2D eigenvalue weighted by Crippen LogP contribution is 2.17. The summed E-state index contributed by atoms with van der Waals surface area (Å²) in [7, 11) is -3.18. The van der Waals surface area contributed by atoms with Crippen LogP contribution in [0.4, 0.5) is 8.63 Å². The molecule has 6 nitrogen and oxygen atoms in total. The van der Waals surface area contributed by atoms with Crippen LogP contribution >= 0.6 is 0 Å². The van der Waals surface area contributed by atoms with E-state index in [1.807, 2.05) is 62.4 Å². The van der Waals surface area contributed by atoms with Crippen LogP contribution in [0.1, 0.15) is 50.7 Å². The highest BCUT2D eigenvalue weighted by atomic mass is 19.2. The van der Waals surface area contributed by atoms with Gasteiger partial charge in [0.05, 0.1) is 11.0 Å². The number of benzene rings is 2. The van der Waals surface area contributed by atoms with Gasteiger partial charge < -0.3 is 13.8 Å².